The molecule has 7 heteroatoms. The molecule has 1 aromatic rings. The molecule has 1 aliphatic rings. The van der Waals surface area contributed by atoms with E-state index in [1.807, 2.05) is 6.92 Å². The fourth-order valence-electron chi connectivity index (χ4n) is 2.42. The third kappa shape index (κ3) is 2.48. The second-order valence-corrected chi connectivity index (χ2v) is 5.08. The average molecular weight is 279 g/mol. The van der Waals surface area contributed by atoms with Crippen LogP contribution in [-0.4, -0.2) is 58.1 Å². The largest absolute Gasteiger partial charge is 0.395 e. The Balaban J connectivity index is 2.27. The lowest BCUT2D eigenvalue weighted by atomic mass is 10.2. The number of aromatic nitrogens is 2. The zero-order valence-electron chi connectivity index (χ0n) is 12.2. The standard InChI is InChI=1S/C13H21N5O2/c1-4-9-11(14)12(17(3)15-9)13(20)18-7-5-6-16(2)10(19)8-18/h4-8,14H2,1-3H3. The number of carbonyl (C=O) groups is 2. The van der Waals surface area contributed by atoms with Crippen molar-refractivity contribution in [2.24, 2.45) is 7.05 Å². The summed E-state index contributed by atoms with van der Waals surface area (Å²) in [5.74, 6) is -0.270. The van der Waals surface area contributed by atoms with Gasteiger partial charge in [0.2, 0.25) is 5.91 Å². The molecule has 0 aliphatic carbocycles. The maximum atomic E-state index is 12.6. The smallest absolute Gasteiger partial charge is 0.274 e. The molecule has 0 saturated carbocycles. The monoisotopic (exact) mass is 279 g/mol. The number of nitrogen functional groups attached to an aromatic ring is 1. The van der Waals surface area contributed by atoms with Gasteiger partial charge in [0.25, 0.3) is 5.91 Å². The lowest BCUT2D eigenvalue weighted by Crippen LogP contribution is -2.39. The fourth-order valence-corrected chi connectivity index (χ4v) is 2.42. The van der Waals surface area contributed by atoms with Gasteiger partial charge in [-0.3, -0.25) is 14.3 Å². The molecular weight excluding hydrogens is 258 g/mol. The van der Waals surface area contributed by atoms with Crippen LogP contribution in [0, 0.1) is 0 Å². The first-order valence-electron chi connectivity index (χ1n) is 6.80. The summed E-state index contributed by atoms with van der Waals surface area (Å²) in [4.78, 5) is 27.7. The predicted octanol–water partition coefficient (Wildman–Crippen LogP) is -0.131. The van der Waals surface area contributed by atoms with Crippen LogP contribution in [0.1, 0.15) is 29.5 Å². The van der Waals surface area contributed by atoms with Crippen molar-refractivity contribution in [1.29, 1.82) is 0 Å². The van der Waals surface area contributed by atoms with Crippen LogP contribution < -0.4 is 5.73 Å². The Kier molecular flexibility index (Phi) is 3.96. The molecule has 0 atom stereocenters. The number of nitrogens with two attached hydrogens (primary N) is 1. The van der Waals surface area contributed by atoms with Gasteiger partial charge in [0.05, 0.1) is 11.4 Å². The normalized spacial score (nSPS) is 16.4. The summed E-state index contributed by atoms with van der Waals surface area (Å²) >= 11 is 0. The highest BCUT2D eigenvalue weighted by Gasteiger charge is 2.28. The van der Waals surface area contributed by atoms with Crippen molar-refractivity contribution in [3.63, 3.8) is 0 Å². The van der Waals surface area contributed by atoms with Crippen LogP contribution >= 0.6 is 0 Å². The lowest BCUT2D eigenvalue weighted by molar-refractivity contribution is -0.129. The van der Waals surface area contributed by atoms with Crippen molar-refractivity contribution in [3.8, 4) is 0 Å². The molecule has 0 spiro atoms. The van der Waals surface area contributed by atoms with Gasteiger partial charge in [0.15, 0.2) is 0 Å². The number of likely N-dealkylation sites (N-methyl/N-ethyl adjacent to an activating group) is 1. The molecule has 2 N–H and O–H groups in total. The Hall–Kier alpha value is -2.05. The van der Waals surface area contributed by atoms with Gasteiger partial charge in [-0.05, 0) is 12.8 Å². The van der Waals surface area contributed by atoms with Crippen molar-refractivity contribution in [3.05, 3.63) is 11.4 Å². The number of amides is 2. The molecule has 1 fully saturated rings. The summed E-state index contributed by atoms with van der Waals surface area (Å²) in [6.07, 6.45) is 1.45. The predicted molar refractivity (Wildman–Crippen MR) is 75.2 cm³/mol. The Morgan fingerprint density at radius 3 is 2.65 bits per heavy atom. The van der Waals surface area contributed by atoms with Crippen LogP contribution in [0.25, 0.3) is 0 Å². The highest BCUT2D eigenvalue weighted by atomic mass is 16.2. The van der Waals surface area contributed by atoms with E-state index in [-0.39, 0.29) is 18.4 Å². The molecule has 110 valence electrons. The van der Waals surface area contributed by atoms with Crippen molar-refractivity contribution >= 4 is 17.5 Å². The molecule has 20 heavy (non-hydrogen) atoms. The van der Waals surface area contributed by atoms with Crippen LogP contribution in [0.4, 0.5) is 5.69 Å². The third-order valence-electron chi connectivity index (χ3n) is 3.66. The molecule has 1 aliphatic heterocycles. The van der Waals surface area contributed by atoms with Gasteiger partial charge in [0.1, 0.15) is 12.2 Å². The van der Waals surface area contributed by atoms with Crippen molar-refractivity contribution < 1.29 is 9.59 Å². The summed E-state index contributed by atoms with van der Waals surface area (Å²) in [5, 5.41) is 4.25. The van der Waals surface area contributed by atoms with E-state index in [1.165, 1.54) is 4.68 Å². The zero-order valence-corrected chi connectivity index (χ0v) is 12.2. The Bertz CT molecular complexity index is 537. The number of rotatable bonds is 2. The number of hydrogen-bond acceptors (Lipinski definition) is 4. The second-order valence-electron chi connectivity index (χ2n) is 5.08. The van der Waals surface area contributed by atoms with E-state index in [4.69, 9.17) is 5.73 Å². The fraction of sp³-hybridized carbons (Fsp3) is 0.615. The topological polar surface area (TPSA) is 84.5 Å². The number of aryl methyl sites for hydroxylation is 2. The summed E-state index contributed by atoms with van der Waals surface area (Å²) in [5.41, 5.74) is 7.51. The minimum atomic E-state index is -0.221. The van der Waals surface area contributed by atoms with E-state index in [0.717, 1.165) is 6.42 Å². The lowest BCUT2D eigenvalue weighted by Gasteiger charge is -2.20. The number of hydrogen-bond donors (Lipinski definition) is 1. The van der Waals surface area contributed by atoms with Crippen LogP contribution in [0.3, 0.4) is 0 Å². The molecule has 0 bridgehead atoms. The van der Waals surface area contributed by atoms with Gasteiger partial charge in [-0.15, -0.1) is 0 Å². The number of carbonyl (C=O) groups excluding carboxylic acids is 2. The SMILES string of the molecule is CCc1nn(C)c(C(=O)N2CCCN(C)C(=O)C2)c1N. The van der Waals surface area contributed by atoms with Crippen molar-refractivity contribution in [1.82, 2.24) is 19.6 Å². The van der Waals surface area contributed by atoms with Gasteiger partial charge < -0.3 is 15.5 Å². The average Bonchev–Trinajstić information content (AvgIpc) is 2.59. The van der Waals surface area contributed by atoms with E-state index >= 15 is 0 Å². The van der Waals surface area contributed by atoms with Gasteiger partial charge in [-0.2, -0.15) is 5.10 Å². The van der Waals surface area contributed by atoms with Gasteiger partial charge in [-0.1, -0.05) is 6.92 Å². The highest BCUT2D eigenvalue weighted by Crippen LogP contribution is 2.19. The van der Waals surface area contributed by atoms with Crippen molar-refractivity contribution in [2.75, 3.05) is 32.4 Å². The van der Waals surface area contributed by atoms with Gasteiger partial charge in [-0.25, -0.2) is 0 Å². The van der Waals surface area contributed by atoms with Crippen LogP contribution in [0.5, 0.6) is 0 Å². The third-order valence-corrected chi connectivity index (χ3v) is 3.66. The van der Waals surface area contributed by atoms with E-state index in [2.05, 4.69) is 5.10 Å². The minimum Gasteiger partial charge on any atom is -0.395 e. The molecule has 1 saturated heterocycles. The zero-order chi connectivity index (χ0) is 14.9. The van der Waals surface area contributed by atoms with E-state index in [1.54, 1.807) is 23.9 Å². The quantitative estimate of drug-likeness (QED) is 0.817. The first kappa shape index (κ1) is 14.4. The van der Waals surface area contributed by atoms with Crippen molar-refractivity contribution in [2.45, 2.75) is 19.8 Å². The Labute approximate surface area is 118 Å². The molecule has 0 aromatic carbocycles. The molecule has 2 rings (SSSR count). The molecule has 0 radical (unpaired) electrons. The van der Waals surface area contributed by atoms with Crippen LogP contribution in [-0.2, 0) is 18.3 Å². The van der Waals surface area contributed by atoms with Crippen LogP contribution in [0.15, 0.2) is 0 Å². The second kappa shape index (κ2) is 5.52. The molecular formula is C13H21N5O2. The number of anilines is 1. The summed E-state index contributed by atoms with van der Waals surface area (Å²) in [7, 11) is 3.46. The first-order chi connectivity index (χ1) is 9.45. The maximum Gasteiger partial charge on any atom is 0.274 e. The summed E-state index contributed by atoms with van der Waals surface area (Å²) in [6.45, 7) is 3.27. The first-order valence-corrected chi connectivity index (χ1v) is 6.80. The summed E-state index contributed by atoms with van der Waals surface area (Å²) < 4.78 is 1.51. The minimum absolute atomic E-state index is 0.0488. The molecule has 0 unspecified atom stereocenters. The Morgan fingerprint density at radius 1 is 1.35 bits per heavy atom. The van der Waals surface area contributed by atoms with E-state index in [0.29, 0.717) is 36.6 Å². The van der Waals surface area contributed by atoms with Gasteiger partial charge in [0, 0.05) is 27.2 Å². The molecule has 2 heterocycles. The summed E-state index contributed by atoms with van der Waals surface area (Å²) in [6, 6.07) is 0. The molecule has 7 nitrogen and oxygen atoms in total. The van der Waals surface area contributed by atoms with Crippen LogP contribution in [0.2, 0.25) is 0 Å². The van der Waals surface area contributed by atoms with Gasteiger partial charge >= 0.3 is 0 Å². The highest BCUT2D eigenvalue weighted by molar-refractivity contribution is 5.99. The Morgan fingerprint density at radius 2 is 2.05 bits per heavy atom. The van der Waals surface area contributed by atoms with E-state index < -0.39 is 0 Å². The molecule has 1 aromatic heterocycles. The molecule has 2 amide bonds. The maximum absolute atomic E-state index is 12.6. The van der Waals surface area contributed by atoms with E-state index in [9.17, 15) is 9.59 Å². The number of nitrogens with zero attached hydrogens (tertiary/aromatic N) is 4.